The number of carbonyl (C=O) groups excluding carboxylic acids is 1. The second kappa shape index (κ2) is 7.53. The van der Waals surface area contributed by atoms with Gasteiger partial charge >= 0.3 is 0 Å². The predicted octanol–water partition coefficient (Wildman–Crippen LogP) is 0.899. The van der Waals surface area contributed by atoms with Crippen LogP contribution in [0.2, 0.25) is 0 Å². The van der Waals surface area contributed by atoms with Crippen molar-refractivity contribution < 1.29 is 13.2 Å². The van der Waals surface area contributed by atoms with Gasteiger partial charge in [-0.15, -0.1) is 0 Å². The monoisotopic (exact) mass is 313 g/mol. The zero-order valence-electron chi connectivity index (χ0n) is 12.6. The Balaban J connectivity index is 2.95. The topological polar surface area (TPSA) is 101 Å². The van der Waals surface area contributed by atoms with Crippen LogP contribution in [0.15, 0.2) is 29.2 Å². The first-order valence-electron chi connectivity index (χ1n) is 6.97. The van der Waals surface area contributed by atoms with Gasteiger partial charge < -0.3 is 11.1 Å². The van der Waals surface area contributed by atoms with Gasteiger partial charge in [-0.1, -0.05) is 19.1 Å². The summed E-state index contributed by atoms with van der Waals surface area (Å²) in [6, 6.07) is 5.43. The smallest absolute Gasteiger partial charge is 0.241 e. The molecule has 1 aromatic rings. The van der Waals surface area contributed by atoms with Crippen LogP contribution in [0.25, 0.3) is 0 Å². The number of nitrogens with one attached hydrogen (secondary N) is 2. The maximum atomic E-state index is 12.3. The van der Waals surface area contributed by atoms with Gasteiger partial charge in [-0.2, -0.15) is 4.72 Å². The van der Waals surface area contributed by atoms with E-state index < -0.39 is 16.1 Å². The molecule has 4 N–H and O–H groups in total. The van der Waals surface area contributed by atoms with Crippen LogP contribution in [0.1, 0.15) is 38.8 Å². The fourth-order valence-corrected chi connectivity index (χ4v) is 3.09. The third kappa shape index (κ3) is 4.80. The van der Waals surface area contributed by atoms with Gasteiger partial charge in [0.15, 0.2) is 0 Å². The molecule has 6 nitrogen and oxygen atoms in total. The summed E-state index contributed by atoms with van der Waals surface area (Å²) < 4.78 is 26.9. The Morgan fingerprint density at radius 1 is 1.33 bits per heavy atom. The highest BCUT2D eigenvalue weighted by molar-refractivity contribution is 7.89. The van der Waals surface area contributed by atoms with Crippen LogP contribution in [-0.2, 0) is 14.8 Å². The van der Waals surface area contributed by atoms with E-state index in [0.29, 0.717) is 13.0 Å². The minimum Gasteiger partial charge on any atom is -0.355 e. The molecule has 7 heteroatoms. The van der Waals surface area contributed by atoms with E-state index in [0.717, 1.165) is 5.56 Å². The quantitative estimate of drug-likeness (QED) is 0.696. The largest absolute Gasteiger partial charge is 0.355 e. The highest BCUT2D eigenvalue weighted by Crippen LogP contribution is 2.18. The molecule has 0 bridgehead atoms. The van der Waals surface area contributed by atoms with Crippen molar-refractivity contribution in [2.45, 2.75) is 44.2 Å². The first kappa shape index (κ1) is 17.6. The number of hydrogen-bond donors (Lipinski definition) is 3. The van der Waals surface area contributed by atoms with Gasteiger partial charge in [0.25, 0.3) is 0 Å². The molecular weight excluding hydrogens is 290 g/mol. The Kier molecular flexibility index (Phi) is 6.32. The van der Waals surface area contributed by atoms with Crippen LogP contribution in [0.5, 0.6) is 0 Å². The molecule has 0 radical (unpaired) electrons. The third-order valence-corrected chi connectivity index (χ3v) is 4.65. The first-order chi connectivity index (χ1) is 9.81. The maximum absolute atomic E-state index is 12.3. The molecule has 1 aromatic carbocycles. The molecule has 0 saturated heterocycles. The maximum Gasteiger partial charge on any atom is 0.241 e. The summed E-state index contributed by atoms with van der Waals surface area (Å²) in [5.41, 5.74) is 6.67. The van der Waals surface area contributed by atoms with E-state index in [9.17, 15) is 13.2 Å². The Labute approximate surface area is 126 Å². The number of amides is 1. The molecule has 1 rings (SSSR count). The molecule has 0 aliphatic carbocycles. The van der Waals surface area contributed by atoms with Gasteiger partial charge in [-0.05, 0) is 38.0 Å². The lowest BCUT2D eigenvalue weighted by Crippen LogP contribution is -2.44. The van der Waals surface area contributed by atoms with E-state index in [1.165, 1.54) is 13.0 Å². The van der Waals surface area contributed by atoms with Crippen LogP contribution >= 0.6 is 0 Å². The fraction of sp³-hybridized carbons (Fsp3) is 0.500. The zero-order chi connectivity index (χ0) is 16.0. The lowest BCUT2D eigenvalue weighted by atomic mass is 10.1. The van der Waals surface area contributed by atoms with Crippen molar-refractivity contribution in [1.29, 1.82) is 0 Å². The molecule has 21 heavy (non-hydrogen) atoms. The van der Waals surface area contributed by atoms with Crippen LogP contribution in [0.4, 0.5) is 0 Å². The highest BCUT2D eigenvalue weighted by Gasteiger charge is 2.22. The molecule has 0 heterocycles. The molecule has 2 unspecified atom stereocenters. The Morgan fingerprint density at radius 3 is 2.57 bits per heavy atom. The van der Waals surface area contributed by atoms with Crippen LogP contribution in [0.3, 0.4) is 0 Å². The Hall–Kier alpha value is -1.44. The van der Waals surface area contributed by atoms with Gasteiger partial charge in [0.2, 0.25) is 15.9 Å². The Bertz CT molecular complexity index is 587. The number of nitrogens with two attached hydrogens (primary N) is 1. The van der Waals surface area contributed by atoms with E-state index in [-0.39, 0.29) is 16.8 Å². The fourth-order valence-electron chi connectivity index (χ4n) is 1.83. The van der Waals surface area contributed by atoms with Gasteiger partial charge in [0, 0.05) is 12.6 Å². The van der Waals surface area contributed by atoms with Crippen molar-refractivity contribution in [3.05, 3.63) is 29.8 Å². The summed E-state index contributed by atoms with van der Waals surface area (Å²) >= 11 is 0. The molecule has 0 fully saturated rings. The van der Waals surface area contributed by atoms with E-state index in [1.807, 2.05) is 6.92 Å². The van der Waals surface area contributed by atoms with Crippen molar-refractivity contribution >= 4 is 15.9 Å². The second-order valence-corrected chi connectivity index (χ2v) is 6.54. The lowest BCUT2D eigenvalue weighted by Gasteiger charge is -2.15. The number of likely N-dealkylation sites (N-methyl/N-ethyl adjacent to an activating group) is 1. The predicted molar refractivity (Wildman–Crippen MR) is 82.1 cm³/mol. The van der Waals surface area contributed by atoms with Crippen LogP contribution < -0.4 is 15.8 Å². The summed E-state index contributed by atoms with van der Waals surface area (Å²) in [5.74, 6) is -0.359. The summed E-state index contributed by atoms with van der Waals surface area (Å²) in [6.45, 7) is 5.66. The Morgan fingerprint density at radius 2 is 2.00 bits per heavy atom. The lowest BCUT2D eigenvalue weighted by molar-refractivity contribution is -0.122. The average Bonchev–Trinajstić information content (AvgIpc) is 2.46. The van der Waals surface area contributed by atoms with Gasteiger partial charge in [0.1, 0.15) is 0 Å². The van der Waals surface area contributed by atoms with Crippen molar-refractivity contribution in [1.82, 2.24) is 10.0 Å². The van der Waals surface area contributed by atoms with Crippen molar-refractivity contribution in [3.8, 4) is 0 Å². The normalized spacial score (nSPS) is 14.5. The summed E-state index contributed by atoms with van der Waals surface area (Å²) in [6.07, 6.45) is 0.715. The molecule has 0 aliphatic heterocycles. The first-order valence-corrected chi connectivity index (χ1v) is 8.45. The highest BCUT2D eigenvalue weighted by atomic mass is 32.2. The molecule has 0 aliphatic rings. The number of benzene rings is 1. The van der Waals surface area contributed by atoms with Gasteiger partial charge in [-0.3, -0.25) is 4.79 Å². The van der Waals surface area contributed by atoms with Gasteiger partial charge in [0.05, 0.1) is 10.9 Å². The number of rotatable bonds is 7. The SMILES string of the molecule is CCNC(=O)C(C)NS(=O)(=O)c1cccc(C(N)CC)c1. The van der Waals surface area contributed by atoms with E-state index in [4.69, 9.17) is 5.73 Å². The van der Waals surface area contributed by atoms with Crippen LogP contribution in [0, 0.1) is 0 Å². The molecular formula is C14H23N3O3S. The number of carbonyl (C=O) groups is 1. The molecule has 0 saturated carbocycles. The summed E-state index contributed by atoms with van der Waals surface area (Å²) in [7, 11) is -3.75. The third-order valence-electron chi connectivity index (χ3n) is 3.11. The summed E-state index contributed by atoms with van der Waals surface area (Å²) in [4.78, 5) is 11.7. The number of hydrogen-bond acceptors (Lipinski definition) is 4. The molecule has 0 aromatic heterocycles. The van der Waals surface area contributed by atoms with E-state index >= 15 is 0 Å². The minimum atomic E-state index is -3.75. The minimum absolute atomic E-state index is 0.111. The van der Waals surface area contributed by atoms with Crippen LogP contribution in [-0.4, -0.2) is 26.9 Å². The zero-order valence-corrected chi connectivity index (χ0v) is 13.4. The molecule has 1 amide bonds. The number of sulfonamides is 1. The van der Waals surface area contributed by atoms with Gasteiger partial charge in [-0.25, -0.2) is 8.42 Å². The standard InChI is InChI=1S/C14H23N3O3S/c1-4-13(15)11-7-6-8-12(9-11)21(19,20)17-10(3)14(18)16-5-2/h6-10,13,17H,4-5,15H2,1-3H3,(H,16,18). The molecule has 2 atom stereocenters. The van der Waals surface area contributed by atoms with E-state index in [2.05, 4.69) is 10.0 Å². The second-order valence-electron chi connectivity index (χ2n) is 4.82. The average molecular weight is 313 g/mol. The molecule has 0 spiro atoms. The van der Waals surface area contributed by atoms with Crippen molar-refractivity contribution in [2.75, 3.05) is 6.54 Å². The van der Waals surface area contributed by atoms with Crippen molar-refractivity contribution in [2.24, 2.45) is 5.73 Å². The molecule has 118 valence electrons. The van der Waals surface area contributed by atoms with E-state index in [1.54, 1.807) is 25.1 Å². The summed E-state index contributed by atoms with van der Waals surface area (Å²) in [5, 5.41) is 2.57. The van der Waals surface area contributed by atoms with Crippen molar-refractivity contribution in [3.63, 3.8) is 0 Å².